The summed E-state index contributed by atoms with van der Waals surface area (Å²) in [5.74, 6) is 0. The molecule has 4 heterocycles. The Hall–Kier alpha value is -6.52. The summed E-state index contributed by atoms with van der Waals surface area (Å²) in [6.07, 6.45) is 7.49. The van der Waals surface area contributed by atoms with Crippen molar-refractivity contribution in [3.05, 3.63) is 170 Å². The van der Waals surface area contributed by atoms with Crippen LogP contribution in [0.15, 0.2) is 170 Å². The van der Waals surface area contributed by atoms with Crippen molar-refractivity contribution in [3.8, 4) is 33.9 Å². The molecule has 10 aromatic rings. The molecule has 0 aliphatic rings. The molecule has 4 heteroatoms. The molecule has 0 spiro atoms. The first kappa shape index (κ1) is 26.7. The standard InChI is InChI=1S/C44H28N4/c1-2-10-30-26-38-37(25-29(30)9-1)43(41-27-31-11-3-7-15-39(31)47(41)33-17-21-45-22-18-33)35-13-5-6-14-36(35)44(38)42-28-32-12-4-8-16-40(32)48(42)34-19-23-46-24-20-34/h1-28H. The van der Waals surface area contributed by atoms with Gasteiger partial charge in [0.1, 0.15) is 0 Å². The summed E-state index contributed by atoms with van der Waals surface area (Å²) >= 11 is 0. The van der Waals surface area contributed by atoms with Crippen molar-refractivity contribution in [3.63, 3.8) is 0 Å². The molecule has 0 radical (unpaired) electrons. The molecule has 0 saturated heterocycles. The summed E-state index contributed by atoms with van der Waals surface area (Å²) in [7, 11) is 0. The fourth-order valence-corrected chi connectivity index (χ4v) is 7.64. The lowest BCUT2D eigenvalue weighted by atomic mass is 9.87. The molecule has 6 aromatic carbocycles. The molecule has 48 heavy (non-hydrogen) atoms. The van der Waals surface area contributed by atoms with E-state index in [1.165, 1.54) is 65.3 Å². The van der Waals surface area contributed by atoms with Crippen LogP contribution in [0.3, 0.4) is 0 Å². The zero-order valence-electron chi connectivity index (χ0n) is 26.0. The van der Waals surface area contributed by atoms with Crippen LogP contribution in [0.2, 0.25) is 0 Å². The van der Waals surface area contributed by atoms with Crippen LogP contribution in [0, 0.1) is 0 Å². The van der Waals surface area contributed by atoms with E-state index in [9.17, 15) is 0 Å². The first-order chi connectivity index (χ1) is 23.8. The van der Waals surface area contributed by atoms with Crippen molar-refractivity contribution in [2.75, 3.05) is 0 Å². The van der Waals surface area contributed by atoms with Gasteiger partial charge in [0.25, 0.3) is 0 Å². The Morgan fingerprint density at radius 3 is 1.15 bits per heavy atom. The second-order valence-corrected chi connectivity index (χ2v) is 12.3. The minimum Gasteiger partial charge on any atom is -0.309 e. The zero-order valence-corrected chi connectivity index (χ0v) is 26.0. The van der Waals surface area contributed by atoms with Gasteiger partial charge in [-0.1, -0.05) is 84.9 Å². The lowest BCUT2D eigenvalue weighted by Gasteiger charge is -2.21. The predicted molar refractivity (Wildman–Crippen MR) is 199 cm³/mol. The molecule has 0 saturated carbocycles. The number of fused-ring (bicyclic) bond motifs is 5. The van der Waals surface area contributed by atoms with E-state index >= 15 is 0 Å². The molecule has 10 rings (SSSR count). The summed E-state index contributed by atoms with van der Waals surface area (Å²) in [4.78, 5) is 8.70. The number of benzene rings is 6. The second kappa shape index (κ2) is 10.5. The molecular weight excluding hydrogens is 585 g/mol. The minimum atomic E-state index is 1.08. The molecule has 0 unspecified atom stereocenters. The van der Waals surface area contributed by atoms with Crippen molar-refractivity contribution >= 4 is 54.1 Å². The first-order valence-corrected chi connectivity index (χ1v) is 16.2. The van der Waals surface area contributed by atoms with Gasteiger partial charge < -0.3 is 9.13 Å². The van der Waals surface area contributed by atoms with Gasteiger partial charge in [0.15, 0.2) is 0 Å². The smallest absolute Gasteiger partial charge is 0.0553 e. The number of para-hydroxylation sites is 2. The molecule has 0 bridgehead atoms. The lowest BCUT2D eigenvalue weighted by Crippen LogP contribution is -2.01. The van der Waals surface area contributed by atoms with Gasteiger partial charge in [0.2, 0.25) is 0 Å². The zero-order chi connectivity index (χ0) is 31.6. The molecule has 0 fully saturated rings. The van der Waals surface area contributed by atoms with Crippen molar-refractivity contribution in [2.24, 2.45) is 0 Å². The second-order valence-electron chi connectivity index (χ2n) is 12.3. The Balaban J connectivity index is 1.42. The molecule has 4 nitrogen and oxygen atoms in total. The van der Waals surface area contributed by atoms with Crippen molar-refractivity contribution in [1.29, 1.82) is 0 Å². The van der Waals surface area contributed by atoms with Gasteiger partial charge >= 0.3 is 0 Å². The van der Waals surface area contributed by atoms with Crippen LogP contribution in [0.4, 0.5) is 0 Å². The monoisotopic (exact) mass is 612 g/mol. The number of hydrogen-bond donors (Lipinski definition) is 0. The Kier molecular flexibility index (Phi) is 5.84. The normalized spacial score (nSPS) is 11.8. The highest BCUT2D eigenvalue weighted by molar-refractivity contribution is 6.24. The van der Waals surface area contributed by atoms with Crippen LogP contribution in [-0.4, -0.2) is 19.1 Å². The van der Waals surface area contributed by atoms with E-state index < -0.39 is 0 Å². The number of pyridine rings is 2. The topological polar surface area (TPSA) is 35.6 Å². The Bertz CT molecular complexity index is 2630. The minimum absolute atomic E-state index is 1.08. The molecular formula is C44H28N4. The quantitative estimate of drug-likeness (QED) is 0.185. The van der Waals surface area contributed by atoms with Gasteiger partial charge in [0, 0.05) is 58.1 Å². The summed E-state index contributed by atoms with van der Waals surface area (Å²) in [5.41, 5.74) is 9.24. The van der Waals surface area contributed by atoms with E-state index in [0.717, 1.165) is 22.8 Å². The fourth-order valence-electron chi connectivity index (χ4n) is 7.64. The molecule has 0 N–H and O–H groups in total. The van der Waals surface area contributed by atoms with Gasteiger partial charge in [-0.15, -0.1) is 0 Å². The van der Waals surface area contributed by atoms with Crippen LogP contribution in [0.5, 0.6) is 0 Å². The third-order valence-corrected chi connectivity index (χ3v) is 9.67. The first-order valence-electron chi connectivity index (χ1n) is 16.2. The molecule has 4 aromatic heterocycles. The van der Waals surface area contributed by atoms with Crippen LogP contribution in [-0.2, 0) is 0 Å². The van der Waals surface area contributed by atoms with E-state index in [2.05, 4.69) is 165 Å². The molecule has 0 atom stereocenters. The highest BCUT2D eigenvalue weighted by Crippen LogP contribution is 2.48. The highest BCUT2D eigenvalue weighted by atomic mass is 15.0. The maximum atomic E-state index is 4.35. The SMILES string of the molecule is c1ccc2cc3c(-c4cc5ccccc5n4-c4ccncc4)c4ccccc4c(-c4cc5ccccc5n4-c4ccncc4)c3cc2c1. The van der Waals surface area contributed by atoms with E-state index in [4.69, 9.17) is 0 Å². The van der Waals surface area contributed by atoms with Crippen LogP contribution in [0.1, 0.15) is 0 Å². The molecule has 0 amide bonds. The Morgan fingerprint density at radius 2 is 0.708 bits per heavy atom. The summed E-state index contributed by atoms with van der Waals surface area (Å²) in [6.45, 7) is 0. The van der Waals surface area contributed by atoms with Gasteiger partial charge in [-0.05, 0) is 93.0 Å². The number of rotatable bonds is 4. The highest BCUT2D eigenvalue weighted by Gasteiger charge is 2.24. The molecule has 0 aliphatic carbocycles. The van der Waals surface area contributed by atoms with Crippen LogP contribution < -0.4 is 0 Å². The maximum absolute atomic E-state index is 4.35. The fraction of sp³-hybridized carbons (Fsp3) is 0. The van der Waals surface area contributed by atoms with Gasteiger partial charge in [-0.25, -0.2) is 0 Å². The number of aromatic nitrogens is 4. The Labute approximate surface area is 276 Å². The van der Waals surface area contributed by atoms with Crippen molar-refractivity contribution < 1.29 is 0 Å². The van der Waals surface area contributed by atoms with E-state index in [-0.39, 0.29) is 0 Å². The van der Waals surface area contributed by atoms with E-state index in [0.29, 0.717) is 0 Å². The third-order valence-electron chi connectivity index (χ3n) is 9.67. The van der Waals surface area contributed by atoms with Crippen molar-refractivity contribution in [1.82, 2.24) is 19.1 Å². The van der Waals surface area contributed by atoms with E-state index in [1.807, 2.05) is 24.8 Å². The summed E-state index contributed by atoms with van der Waals surface area (Å²) in [6, 6.07) is 52.8. The predicted octanol–water partition coefficient (Wildman–Crippen LogP) is 11.2. The average Bonchev–Trinajstić information content (AvgIpc) is 3.72. The number of nitrogens with zero attached hydrogens (tertiary/aromatic N) is 4. The van der Waals surface area contributed by atoms with Crippen LogP contribution >= 0.6 is 0 Å². The average molecular weight is 613 g/mol. The van der Waals surface area contributed by atoms with E-state index in [1.54, 1.807) is 0 Å². The van der Waals surface area contributed by atoms with Crippen LogP contribution in [0.25, 0.3) is 88.0 Å². The summed E-state index contributed by atoms with van der Waals surface area (Å²) < 4.78 is 4.78. The largest absolute Gasteiger partial charge is 0.309 e. The molecule has 0 aliphatic heterocycles. The van der Waals surface area contributed by atoms with Gasteiger partial charge in [0.05, 0.1) is 22.4 Å². The number of hydrogen-bond acceptors (Lipinski definition) is 2. The Morgan fingerprint density at radius 1 is 0.333 bits per heavy atom. The van der Waals surface area contributed by atoms with Gasteiger partial charge in [-0.3, -0.25) is 9.97 Å². The van der Waals surface area contributed by atoms with Crippen molar-refractivity contribution in [2.45, 2.75) is 0 Å². The molecule has 224 valence electrons. The lowest BCUT2D eigenvalue weighted by molar-refractivity contribution is 1.12. The third kappa shape index (κ3) is 3.96. The maximum Gasteiger partial charge on any atom is 0.0553 e. The van der Waals surface area contributed by atoms with Gasteiger partial charge in [-0.2, -0.15) is 0 Å². The summed E-state index contributed by atoms with van der Waals surface area (Å²) in [5, 5.41) is 9.68.